The molecule has 1 fully saturated rings. The molecular formula is C29H62O7Si3. The summed E-state index contributed by atoms with van der Waals surface area (Å²) in [4.78, 5) is 10.9. The molecule has 1 aliphatic heterocycles. The van der Waals surface area contributed by atoms with Gasteiger partial charge in [-0.1, -0.05) is 62.3 Å². The van der Waals surface area contributed by atoms with Gasteiger partial charge in [-0.15, -0.1) is 0 Å². The molecule has 1 aliphatic rings. The summed E-state index contributed by atoms with van der Waals surface area (Å²) in [6.07, 6.45) is 0.588. The maximum absolute atomic E-state index is 10.9. The third kappa shape index (κ3) is 10.6. The second kappa shape index (κ2) is 13.5. The number of hydrogen-bond acceptors (Lipinski definition) is 6. The maximum atomic E-state index is 10.9. The van der Waals surface area contributed by atoms with Gasteiger partial charge in [-0.3, -0.25) is 4.79 Å². The van der Waals surface area contributed by atoms with Crippen molar-refractivity contribution < 1.29 is 32.7 Å². The summed E-state index contributed by atoms with van der Waals surface area (Å²) in [5, 5.41) is 9.12. The molecule has 4 atom stereocenters. The van der Waals surface area contributed by atoms with Crippen LogP contribution in [0.25, 0.3) is 0 Å². The van der Waals surface area contributed by atoms with Crippen molar-refractivity contribution in [2.45, 2.75) is 154 Å². The first-order valence-electron chi connectivity index (χ1n) is 14.8. The minimum Gasteiger partial charge on any atom is -0.481 e. The largest absolute Gasteiger partial charge is 0.481 e. The van der Waals surface area contributed by atoms with Crippen molar-refractivity contribution in [2.75, 3.05) is 19.8 Å². The van der Waals surface area contributed by atoms with E-state index in [4.69, 9.17) is 27.9 Å². The first-order chi connectivity index (χ1) is 17.3. The van der Waals surface area contributed by atoms with E-state index in [1.54, 1.807) is 0 Å². The van der Waals surface area contributed by atoms with Gasteiger partial charge in [-0.05, 0) is 67.2 Å². The average molecular weight is 607 g/mol. The topological polar surface area (TPSA) is 83.5 Å². The van der Waals surface area contributed by atoms with Crippen LogP contribution in [0.15, 0.2) is 0 Å². The fraction of sp³-hybridized carbons (Fsp3) is 0.966. The molecule has 39 heavy (non-hydrogen) atoms. The van der Waals surface area contributed by atoms with Crippen LogP contribution in [0.4, 0.5) is 0 Å². The Balaban J connectivity index is 3.31. The summed E-state index contributed by atoms with van der Waals surface area (Å²) in [7, 11) is -6.31. The fourth-order valence-electron chi connectivity index (χ4n) is 3.56. The molecule has 10 heteroatoms. The maximum Gasteiger partial charge on any atom is 0.303 e. The van der Waals surface area contributed by atoms with E-state index >= 15 is 0 Å². The smallest absolute Gasteiger partial charge is 0.303 e. The summed E-state index contributed by atoms with van der Waals surface area (Å²) < 4.78 is 33.6. The zero-order valence-corrected chi connectivity index (χ0v) is 30.9. The molecule has 3 unspecified atom stereocenters. The quantitative estimate of drug-likeness (QED) is 0.158. The van der Waals surface area contributed by atoms with Crippen molar-refractivity contribution in [3.63, 3.8) is 0 Å². The van der Waals surface area contributed by atoms with E-state index in [0.29, 0.717) is 32.7 Å². The van der Waals surface area contributed by atoms with E-state index in [9.17, 15) is 4.79 Å². The van der Waals surface area contributed by atoms with Gasteiger partial charge in [0.15, 0.2) is 31.2 Å². The summed E-state index contributed by atoms with van der Waals surface area (Å²) in [6, 6.07) is 0. The van der Waals surface area contributed by atoms with Crippen molar-refractivity contribution >= 4 is 30.9 Å². The lowest BCUT2D eigenvalue weighted by atomic mass is 10.0. The highest BCUT2D eigenvalue weighted by Crippen LogP contribution is 2.45. The SMILES string of the molecule is CC(C)(C)[Si](C)(C)OC[C@@H]1OC(O[Si](C)(C)C(C)(C)C)C(COCCCCC(=O)O)C1O[Si](C)(C)C(C)(C)C. The molecule has 1 N–H and O–H groups in total. The lowest BCUT2D eigenvalue weighted by Crippen LogP contribution is -2.51. The number of unbranched alkanes of at least 4 members (excludes halogenated alkanes) is 1. The third-order valence-corrected chi connectivity index (χ3v) is 23.0. The van der Waals surface area contributed by atoms with E-state index in [1.807, 2.05) is 0 Å². The Morgan fingerprint density at radius 3 is 1.69 bits per heavy atom. The molecule has 0 aliphatic carbocycles. The lowest BCUT2D eigenvalue weighted by molar-refractivity contribution is -0.137. The first-order valence-corrected chi connectivity index (χ1v) is 23.5. The monoisotopic (exact) mass is 606 g/mol. The van der Waals surface area contributed by atoms with Crippen molar-refractivity contribution in [1.82, 2.24) is 0 Å². The predicted octanol–water partition coefficient (Wildman–Crippen LogP) is 8.03. The predicted molar refractivity (Wildman–Crippen MR) is 168 cm³/mol. The van der Waals surface area contributed by atoms with E-state index in [2.05, 4.69) is 102 Å². The molecule has 1 heterocycles. The van der Waals surface area contributed by atoms with Gasteiger partial charge in [0.2, 0.25) is 0 Å². The molecule has 7 nitrogen and oxygen atoms in total. The van der Waals surface area contributed by atoms with Crippen molar-refractivity contribution in [2.24, 2.45) is 5.92 Å². The Hall–Kier alpha value is -0.0794. The third-order valence-electron chi connectivity index (χ3n) is 9.56. The molecule has 0 bridgehead atoms. The number of ether oxygens (including phenoxy) is 2. The van der Waals surface area contributed by atoms with E-state index in [1.165, 1.54) is 0 Å². The van der Waals surface area contributed by atoms with E-state index in [0.717, 1.165) is 0 Å². The molecule has 0 aromatic heterocycles. The molecule has 0 radical (unpaired) electrons. The Morgan fingerprint density at radius 2 is 1.23 bits per heavy atom. The van der Waals surface area contributed by atoms with Gasteiger partial charge in [0.25, 0.3) is 0 Å². The Morgan fingerprint density at radius 1 is 0.744 bits per heavy atom. The Kier molecular flexibility index (Phi) is 12.8. The molecule has 0 amide bonds. The van der Waals surface area contributed by atoms with Gasteiger partial charge in [0.05, 0.1) is 25.2 Å². The molecule has 0 aromatic rings. The van der Waals surface area contributed by atoms with Crippen LogP contribution in [0.5, 0.6) is 0 Å². The van der Waals surface area contributed by atoms with Gasteiger partial charge >= 0.3 is 5.97 Å². The molecule has 1 rings (SSSR count). The summed E-state index contributed by atoms with van der Waals surface area (Å²) in [5.41, 5.74) is 0. The summed E-state index contributed by atoms with van der Waals surface area (Å²) in [6.45, 7) is 35.3. The number of hydrogen-bond donors (Lipinski definition) is 1. The van der Waals surface area contributed by atoms with Gasteiger partial charge in [0.1, 0.15) is 6.10 Å². The van der Waals surface area contributed by atoms with E-state index in [-0.39, 0.29) is 39.7 Å². The Labute approximate surface area is 243 Å². The number of aliphatic carboxylic acids is 1. The molecule has 1 saturated heterocycles. The average Bonchev–Trinajstić information content (AvgIpc) is 3.01. The van der Waals surface area contributed by atoms with Gasteiger partial charge < -0.3 is 27.9 Å². The van der Waals surface area contributed by atoms with Crippen LogP contribution >= 0.6 is 0 Å². The first kappa shape index (κ1) is 36.9. The molecule has 0 spiro atoms. The van der Waals surface area contributed by atoms with Crippen LogP contribution in [0.1, 0.15) is 81.6 Å². The number of carbonyl (C=O) groups is 1. The fourth-order valence-corrected chi connectivity index (χ4v) is 7.10. The standard InChI is InChI=1S/C29H62O7Si3/c1-27(2,3)37(10,11)33-21-23-25(35-38(12,13)28(4,5)6)22(20-32-19-17-16-18-24(30)31)26(34-23)36-39(14,15)29(7,8)9/h22-23,25-26H,16-21H2,1-15H3,(H,30,31)/t22?,23-,25?,26?/m0/s1. The van der Waals surface area contributed by atoms with Crippen molar-refractivity contribution in [1.29, 1.82) is 0 Å². The lowest BCUT2D eigenvalue weighted by Gasteiger charge is -2.42. The van der Waals surface area contributed by atoms with Crippen LogP contribution in [0.2, 0.25) is 54.4 Å². The van der Waals surface area contributed by atoms with Gasteiger partial charge in [0, 0.05) is 13.0 Å². The van der Waals surface area contributed by atoms with Gasteiger partial charge in [-0.2, -0.15) is 0 Å². The number of carboxylic acid groups (broad SMARTS) is 1. The van der Waals surface area contributed by atoms with Crippen LogP contribution in [-0.2, 0) is 27.5 Å². The highest BCUT2D eigenvalue weighted by atomic mass is 28.4. The minimum atomic E-state index is -2.15. The van der Waals surface area contributed by atoms with Crippen molar-refractivity contribution in [3.05, 3.63) is 0 Å². The highest BCUT2D eigenvalue weighted by molar-refractivity contribution is 6.75. The van der Waals surface area contributed by atoms with Crippen LogP contribution in [0, 0.1) is 5.92 Å². The zero-order valence-electron chi connectivity index (χ0n) is 27.9. The second-order valence-corrected chi connectivity index (χ2v) is 30.2. The van der Waals surface area contributed by atoms with Crippen LogP contribution in [-0.4, -0.2) is 74.3 Å². The number of rotatable bonds is 14. The van der Waals surface area contributed by atoms with E-state index < -0.39 is 37.2 Å². The van der Waals surface area contributed by atoms with Crippen LogP contribution in [0.3, 0.4) is 0 Å². The number of carboxylic acids is 1. The van der Waals surface area contributed by atoms with Gasteiger partial charge in [-0.25, -0.2) is 0 Å². The van der Waals surface area contributed by atoms with Crippen molar-refractivity contribution in [3.8, 4) is 0 Å². The Bertz CT molecular complexity index is 779. The summed E-state index contributed by atoms with van der Waals surface area (Å²) >= 11 is 0. The molecular weight excluding hydrogens is 545 g/mol. The zero-order chi connectivity index (χ0) is 30.7. The molecule has 0 aromatic carbocycles. The molecule has 232 valence electrons. The normalized spacial score (nSPS) is 23.9. The highest BCUT2D eigenvalue weighted by Gasteiger charge is 2.53. The molecule has 0 saturated carbocycles. The summed E-state index contributed by atoms with van der Waals surface area (Å²) in [5.74, 6) is -0.866. The van der Waals surface area contributed by atoms with Crippen LogP contribution < -0.4 is 0 Å². The minimum absolute atomic E-state index is 0.0319. The second-order valence-electron chi connectivity index (χ2n) is 15.9.